The molecule has 2 aromatic heterocycles. The van der Waals surface area contributed by atoms with Crippen molar-refractivity contribution < 1.29 is 9.90 Å². The Labute approximate surface area is 132 Å². The Morgan fingerprint density at radius 2 is 2.35 bits per heavy atom. The molecule has 8 heteroatoms. The van der Waals surface area contributed by atoms with Crippen LogP contribution in [0.25, 0.3) is 11.0 Å². The summed E-state index contributed by atoms with van der Waals surface area (Å²) in [5, 5.41) is 16.4. The molecule has 3 rings (SSSR count). The summed E-state index contributed by atoms with van der Waals surface area (Å²) >= 11 is 0. The number of carbonyl (C=O) groups excluding carboxylic acids is 1. The molecule has 1 aromatic carbocycles. The number of imidazole rings is 1. The number of nitrogens with zero attached hydrogens (tertiary/aromatic N) is 4. The van der Waals surface area contributed by atoms with Crippen molar-refractivity contribution in [1.29, 1.82) is 0 Å². The van der Waals surface area contributed by atoms with Gasteiger partial charge in [0.1, 0.15) is 24.6 Å². The Hall–Kier alpha value is -2.74. The molecule has 1 amide bonds. The highest BCUT2D eigenvalue weighted by atomic mass is 16.3. The monoisotopic (exact) mass is 314 g/mol. The molecule has 0 spiro atoms. The van der Waals surface area contributed by atoms with Crippen molar-refractivity contribution in [3.8, 4) is 0 Å². The van der Waals surface area contributed by atoms with Crippen molar-refractivity contribution in [1.82, 2.24) is 24.7 Å². The predicted octanol–water partition coefficient (Wildman–Crippen LogP) is 1.63. The summed E-state index contributed by atoms with van der Waals surface area (Å²) in [5.41, 5.74) is 2.23. The number of H-pyrrole nitrogens is 1. The standard InChI is InChI=1S/C15H18N6O2/c1-10(22)15-19-12-5-4-11(7-13(12)20-15)18-14(23)3-2-6-21-9-16-8-17-21/h4-5,7-10,22H,2-3,6H2,1H3,(H,18,23)(H,19,20). The van der Waals surface area contributed by atoms with E-state index in [2.05, 4.69) is 25.4 Å². The smallest absolute Gasteiger partial charge is 0.224 e. The average molecular weight is 314 g/mol. The molecule has 0 aliphatic carbocycles. The van der Waals surface area contributed by atoms with Gasteiger partial charge in [0.25, 0.3) is 0 Å². The molecule has 0 aliphatic rings. The molecule has 1 unspecified atom stereocenters. The van der Waals surface area contributed by atoms with Crippen molar-refractivity contribution in [3.63, 3.8) is 0 Å². The van der Waals surface area contributed by atoms with Gasteiger partial charge in [0.15, 0.2) is 0 Å². The van der Waals surface area contributed by atoms with Crippen LogP contribution in [0, 0.1) is 0 Å². The van der Waals surface area contributed by atoms with Gasteiger partial charge in [0.2, 0.25) is 5.91 Å². The van der Waals surface area contributed by atoms with Gasteiger partial charge in [-0.15, -0.1) is 0 Å². The Morgan fingerprint density at radius 1 is 1.48 bits per heavy atom. The van der Waals surface area contributed by atoms with Crippen molar-refractivity contribution in [2.45, 2.75) is 32.4 Å². The number of aromatic nitrogens is 5. The van der Waals surface area contributed by atoms with E-state index in [9.17, 15) is 9.90 Å². The van der Waals surface area contributed by atoms with E-state index >= 15 is 0 Å². The molecule has 120 valence electrons. The van der Waals surface area contributed by atoms with Gasteiger partial charge in [0, 0.05) is 18.7 Å². The first kappa shape index (κ1) is 15.2. The van der Waals surface area contributed by atoms with E-state index in [-0.39, 0.29) is 5.91 Å². The number of hydrogen-bond donors (Lipinski definition) is 3. The number of amides is 1. The molecule has 3 aromatic rings. The molecule has 0 saturated heterocycles. The highest BCUT2D eigenvalue weighted by molar-refractivity contribution is 5.93. The highest BCUT2D eigenvalue weighted by Crippen LogP contribution is 2.20. The number of carbonyl (C=O) groups is 1. The maximum atomic E-state index is 12.0. The Balaban J connectivity index is 1.58. The van der Waals surface area contributed by atoms with Crippen LogP contribution in [0.3, 0.4) is 0 Å². The van der Waals surface area contributed by atoms with Crippen LogP contribution in [0.1, 0.15) is 31.7 Å². The van der Waals surface area contributed by atoms with Gasteiger partial charge in [-0.05, 0) is 31.5 Å². The summed E-state index contributed by atoms with van der Waals surface area (Å²) in [4.78, 5) is 23.1. The summed E-state index contributed by atoms with van der Waals surface area (Å²) in [5.74, 6) is 0.455. The third-order valence-corrected chi connectivity index (χ3v) is 3.44. The van der Waals surface area contributed by atoms with Crippen molar-refractivity contribution in [2.24, 2.45) is 0 Å². The fourth-order valence-electron chi connectivity index (χ4n) is 2.28. The fourth-order valence-corrected chi connectivity index (χ4v) is 2.28. The van der Waals surface area contributed by atoms with Crippen LogP contribution in [0.4, 0.5) is 5.69 Å². The summed E-state index contributed by atoms with van der Waals surface area (Å²) < 4.78 is 1.70. The van der Waals surface area contributed by atoms with Crippen molar-refractivity contribution in [2.75, 3.05) is 5.32 Å². The molecular formula is C15H18N6O2. The zero-order valence-electron chi connectivity index (χ0n) is 12.7. The summed E-state index contributed by atoms with van der Waals surface area (Å²) in [6.45, 7) is 2.31. The number of anilines is 1. The molecule has 0 saturated carbocycles. The summed E-state index contributed by atoms with van der Waals surface area (Å²) in [6, 6.07) is 5.41. The first-order chi connectivity index (χ1) is 11.1. The zero-order chi connectivity index (χ0) is 16.2. The quantitative estimate of drug-likeness (QED) is 0.640. The second-order valence-electron chi connectivity index (χ2n) is 5.34. The summed E-state index contributed by atoms with van der Waals surface area (Å²) in [6.07, 6.45) is 3.54. The maximum Gasteiger partial charge on any atom is 0.224 e. The number of fused-ring (bicyclic) bond motifs is 1. The van der Waals surface area contributed by atoms with Gasteiger partial charge < -0.3 is 15.4 Å². The minimum absolute atomic E-state index is 0.0558. The van der Waals surface area contributed by atoms with Crippen LogP contribution < -0.4 is 5.32 Å². The van der Waals surface area contributed by atoms with E-state index in [1.54, 1.807) is 24.0 Å². The molecule has 23 heavy (non-hydrogen) atoms. The number of benzene rings is 1. The van der Waals surface area contributed by atoms with E-state index in [1.807, 2.05) is 12.1 Å². The van der Waals surface area contributed by atoms with Crippen molar-refractivity contribution >= 4 is 22.6 Å². The van der Waals surface area contributed by atoms with Gasteiger partial charge in [-0.3, -0.25) is 9.48 Å². The van der Waals surface area contributed by atoms with Gasteiger partial charge in [-0.2, -0.15) is 5.10 Å². The van der Waals surface area contributed by atoms with Gasteiger partial charge in [-0.25, -0.2) is 9.97 Å². The normalized spacial score (nSPS) is 12.4. The summed E-state index contributed by atoms with van der Waals surface area (Å²) in [7, 11) is 0. The van der Waals surface area contributed by atoms with Crippen LogP contribution in [0.15, 0.2) is 30.9 Å². The molecule has 0 bridgehead atoms. The Morgan fingerprint density at radius 3 is 3.09 bits per heavy atom. The first-order valence-electron chi connectivity index (χ1n) is 7.42. The Kier molecular flexibility index (Phi) is 4.33. The molecule has 8 nitrogen and oxygen atoms in total. The fraction of sp³-hybridized carbons (Fsp3) is 0.333. The lowest BCUT2D eigenvalue weighted by atomic mass is 10.2. The lowest BCUT2D eigenvalue weighted by Crippen LogP contribution is -2.12. The number of aliphatic hydroxyl groups excluding tert-OH is 1. The van der Waals surface area contributed by atoms with Gasteiger partial charge in [0.05, 0.1) is 11.0 Å². The van der Waals surface area contributed by atoms with Crippen LogP contribution in [-0.4, -0.2) is 35.7 Å². The first-order valence-corrected chi connectivity index (χ1v) is 7.42. The van der Waals surface area contributed by atoms with E-state index < -0.39 is 6.10 Å². The van der Waals surface area contributed by atoms with Crippen LogP contribution in [-0.2, 0) is 11.3 Å². The van der Waals surface area contributed by atoms with Gasteiger partial charge in [-0.1, -0.05) is 0 Å². The second-order valence-corrected chi connectivity index (χ2v) is 5.34. The molecular weight excluding hydrogens is 296 g/mol. The van der Waals surface area contributed by atoms with E-state index in [0.29, 0.717) is 30.9 Å². The highest BCUT2D eigenvalue weighted by Gasteiger charge is 2.09. The predicted molar refractivity (Wildman–Crippen MR) is 84.6 cm³/mol. The lowest BCUT2D eigenvalue weighted by Gasteiger charge is -2.05. The molecule has 0 fully saturated rings. The van der Waals surface area contributed by atoms with E-state index in [0.717, 1.165) is 11.0 Å². The largest absolute Gasteiger partial charge is 0.385 e. The zero-order valence-corrected chi connectivity index (χ0v) is 12.7. The maximum absolute atomic E-state index is 12.0. The SMILES string of the molecule is CC(O)c1nc2ccc(NC(=O)CCCn3cncn3)cc2[nH]1. The minimum Gasteiger partial charge on any atom is -0.385 e. The molecule has 2 heterocycles. The number of aromatic amines is 1. The molecule has 0 aliphatic heterocycles. The Bertz CT molecular complexity index is 794. The number of aliphatic hydroxyl groups is 1. The van der Waals surface area contributed by atoms with Crippen LogP contribution in [0.5, 0.6) is 0 Å². The van der Waals surface area contributed by atoms with E-state index in [4.69, 9.17) is 0 Å². The van der Waals surface area contributed by atoms with Crippen LogP contribution >= 0.6 is 0 Å². The molecule has 3 N–H and O–H groups in total. The van der Waals surface area contributed by atoms with Crippen molar-refractivity contribution in [3.05, 3.63) is 36.7 Å². The molecule has 0 radical (unpaired) electrons. The van der Waals surface area contributed by atoms with Gasteiger partial charge >= 0.3 is 0 Å². The number of rotatable bonds is 6. The number of hydrogen-bond acceptors (Lipinski definition) is 5. The number of aryl methyl sites for hydroxylation is 1. The lowest BCUT2D eigenvalue weighted by molar-refractivity contribution is -0.116. The number of nitrogens with one attached hydrogen (secondary N) is 2. The minimum atomic E-state index is -0.655. The average Bonchev–Trinajstić information content (AvgIpc) is 3.15. The van der Waals surface area contributed by atoms with Crippen LogP contribution in [0.2, 0.25) is 0 Å². The molecule has 1 atom stereocenters. The second kappa shape index (κ2) is 6.57. The third-order valence-electron chi connectivity index (χ3n) is 3.44. The third kappa shape index (κ3) is 3.72. The van der Waals surface area contributed by atoms with E-state index in [1.165, 1.54) is 6.33 Å². The topological polar surface area (TPSA) is 109 Å².